The number of carbonyl (C=O) groups excluding carboxylic acids is 1. The molecule has 0 bridgehead atoms. The fourth-order valence-electron chi connectivity index (χ4n) is 3.69. The van der Waals surface area contributed by atoms with E-state index in [1.807, 2.05) is 18.2 Å². The molecule has 6 nitrogen and oxygen atoms in total. The molecule has 4 aromatic rings. The van der Waals surface area contributed by atoms with Crippen molar-refractivity contribution in [3.63, 3.8) is 0 Å². The summed E-state index contributed by atoms with van der Waals surface area (Å²) in [4.78, 5) is 31.1. The number of hydrogen-bond acceptors (Lipinski definition) is 6. The summed E-state index contributed by atoms with van der Waals surface area (Å²) >= 11 is 1.70. The van der Waals surface area contributed by atoms with Crippen molar-refractivity contribution in [1.82, 2.24) is 9.55 Å². The molecule has 8 heteroatoms. The van der Waals surface area contributed by atoms with E-state index < -0.39 is 11.4 Å². The molecule has 2 aromatic heterocycles. The summed E-state index contributed by atoms with van der Waals surface area (Å²) in [6, 6.07) is 17.8. The number of rotatable bonds is 6. The van der Waals surface area contributed by atoms with E-state index in [1.54, 1.807) is 42.4 Å². The van der Waals surface area contributed by atoms with Crippen molar-refractivity contribution in [2.75, 3.05) is 17.6 Å². The highest BCUT2D eigenvalue weighted by Crippen LogP contribution is 2.39. The van der Waals surface area contributed by atoms with Crippen LogP contribution in [0.4, 0.5) is 10.2 Å². The molecule has 170 valence electrons. The van der Waals surface area contributed by atoms with E-state index in [-0.39, 0.29) is 17.8 Å². The molecule has 1 N–H and O–H groups in total. The zero-order chi connectivity index (χ0) is 23.5. The topological polar surface area (TPSA) is 73.2 Å². The predicted octanol–water partition coefficient (Wildman–Crippen LogP) is 5.11. The number of Topliss-reactive ketones (excluding diaryl/α,β-unsaturated/α-hetero) is 1. The summed E-state index contributed by atoms with van der Waals surface area (Å²) < 4.78 is 20.6. The number of nitrogens with one attached hydrogen (secondary N) is 1. The van der Waals surface area contributed by atoms with Gasteiger partial charge in [0.1, 0.15) is 23.1 Å². The lowest BCUT2D eigenvalue weighted by Crippen LogP contribution is -2.25. The van der Waals surface area contributed by atoms with E-state index in [9.17, 15) is 14.0 Å². The molecule has 2 aromatic carbocycles. The van der Waals surface area contributed by atoms with Crippen LogP contribution in [0.15, 0.2) is 88.8 Å². The van der Waals surface area contributed by atoms with Gasteiger partial charge in [-0.3, -0.25) is 14.2 Å². The van der Waals surface area contributed by atoms with Gasteiger partial charge < -0.3 is 10.1 Å². The predicted molar refractivity (Wildman–Crippen MR) is 130 cm³/mol. The quantitative estimate of drug-likeness (QED) is 0.393. The molecule has 1 aliphatic rings. The van der Waals surface area contributed by atoms with Gasteiger partial charge in [0, 0.05) is 42.9 Å². The molecule has 0 fully saturated rings. The van der Waals surface area contributed by atoms with Crippen molar-refractivity contribution in [2.24, 2.45) is 0 Å². The minimum Gasteiger partial charge on any atom is -0.456 e. The zero-order valence-corrected chi connectivity index (χ0v) is 18.8. The number of halogens is 1. The Balaban J connectivity index is 1.31. The maximum atomic E-state index is 13.2. The van der Waals surface area contributed by atoms with E-state index in [0.29, 0.717) is 11.4 Å². The number of hydrogen-bond donors (Lipinski definition) is 1. The second-order valence-electron chi connectivity index (χ2n) is 7.68. The van der Waals surface area contributed by atoms with Crippen LogP contribution in [0.3, 0.4) is 0 Å². The van der Waals surface area contributed by atoms with Crippen LogP contribution in [0.1, 0.15) is 15.9 Å². The number of nitrogens with zero attached hydrogens (tertiary/aromatic N) is 2. The van der Waals surface area contributed by atoms with Crippen molar-refractivity contribution < 1.29 is 13.9 Å². The fourth-order valence-corrected chi connectivity index (χ4v) is 4.61. The van der Waals surface area contributed by atoms with Gasteiger partial charge in [-0.1, -0.05) is 12.1 Å². The Labute approximate surface area is 199 Å². The number of anilines is 1. The van der Waals surface area contributed by atoms with Gasteiger partial charge in [0.15, 0.2) is 5.78 Å². The maximum Gasteiger partial charge on any atom is 0.265 e. The first kappa shape index (κ1) is 21.9. The van der Waals surface area contributed by atoms with Crippen molar-refractivity contribution in [3.05, 3.63) is 106 Å². The molecule has 1 aliphatic heterocycles. The third kappa shape index (κ3) is 4.58. The molecule has 3 heterocycles. The monoisotopic (exact) mass is 473 g/mol. The summed E-state index contributed by atoms with van der Waals surface area (Å²) in [7, 11) is 0. The Bertz CT molecular complexity index is 1400. The Morgan fingerprint density at radius 3 is 2.68 bits per heavy atom. The number of thioether (sulfide) groups is 1. The van der Waals surface area contributed by atoms with Crippen LogP contribution in [-0.4, -0.2) is 27.6 Å². The largest absolute Gasteiger partial charge is 0.456 e. The number of aromatic nitrogens is 2. The molecule has 0 atom stereocenters. The molecular formula is C26H20FN3O3S. The van der Waals surface area contributed by atoms with Crippen molar-refractivity contribution in [1.29, 1.82) is 0 Å². The average Bonchev–Trinajstić information content (AvgIpc) is 2.86. The molecule has 5 rings (SSSR count). The third-order valence-electron chi connectivity index (χ3n) is 5.38. The SMILES string of the molecule is O=C(Cc1ccc(Oc2ccnc3c2SCCN3)cc1)c1cccn(-c2ccc(F)cc2)c1=O. The highest BCUT2D eigenvalue weighted by molar-refractivity contribution is 7.99. The van der Waals surface area contributed by atoms with Crippen LogP contribution in [-0.2, 0) is 6.42 Å². The number of benzene rings is 2. The lowest BCUT2D eigenvalue weighted by Gasteiger charge is -2.19. The Hall–Kier alpha value is -3.91. The lowest BCUT2D eigenvalue weighted by atomic mass is 10.0. The minimum absolute atomic E-state index is 0.0768. The van der Waals surface area contributed by atoms with E-state index in [2.05, 4.69) is 10.3 Å². The first-order valence-corrected chi connectivity index (χ1v) is 11.7. The Kier molecular flexibility index (Phi) is 6.14. The lowest BCUT2D eigenvalue weighted by molar-refractivity contribution is 0.0991. The van der Waals surface area contributed by atoms with Gasteiger partial charge in [-0.15, -0.1) is 11.8 Å². The van der Waals surface area contributed by atoms with Gasteiger partial charge in [0.25, 0.3) is 5.56 Å². The average molecular weight is 474 g/mol. The highest BCUT2D eigenvalue weighted by Gasteiger charge is 2.17. The number of ketones is 1. The smallest absolute Gasteiger partial charge is 0.265 e. The van der Waals surface area contributed by atoms with Gasteiger partial charge in [-0.2, -0.15) is 0 Å². The molecule has 0 spiro atoms. The Morgan fingerprint density at radius 2 is 1.88 bits per heavy atom. The first-order chi connectivity index (χ1) is 16.6. The molecule has 0 amide bonds. The molecule has 34 heavy (non-hydrogen) atoms. The van der Waals surface area contributed by atoms with Gasteiger partial charge in [-0.25, -0.2) is 9.37 Å². The van der Waals surface area contributed by atoms with Crippen molar-refractivity contribution >= 4 is 23.4 Å². The van der Waals surface area contributed by atoms with Crippen LogP contribution in [0.25, 0.3) is 5.69 Å². The van der Waals surface area contributed by atoms with Gasteiger partial charge >= 0.3 is 0 Å². The van der Waals surface area contributed by atoms with Crippen molar-refractivity contribution in [2.45, 2.75) is 11.3 Å². The summed E-state index contributed by atoms with van der Waals surface area (Å²) in [5.41, 5.74) is 0.906. The number of pyridine rings is 2. The van der Waals surface area contributed by atoms with Crippen LogP contribution in [0, 0.1) is 5.82 Å². The molecule has 0 unspecified atom stereocenters. The number of carbonyl (C=O) groups is 1. The van der Waals surface area contributed by atoms with E-state index in [0.717, 1.165) is 34.3 Å². The minimum atomic E-state index is -0.437. The number of fused-ring (bicyclic) bond motifs is 1. The van der Waals surface area contributed by atoms with Crippen LogP contribution >= 0.6 is 11.8 Å². The summed E-state index contributed by atoms with van der Waals surface area (Å²) in [5.74, 6) is 2.46. The molecular weight excluding hydrogens is 453 g/mol. The summed E-state index contributed by atoms with van der Waals surface area (Å²) in [5, 5.41) is 3.26. The van der Waals surface area contributed by atoms with Crippen molar-refractivity contribution in [3.8, 4) is 17.2 Å². The third-order valence-corrected chi connectivity index (χ3v) is 6.47. The highest BCUT2D eigenvalue weighted by atomic mass is 32.2. The molecule has 0 saturated heterocycles. The van der Waals surface area contributed by atoms with Crippen LogP contribution in [0.5, 0.6) is 11.5 Å². The first-order valence-electron chi connectivity index (χ1n) is 10.7. The molecule has 0 aliphatic carbocycles. The van der Waals surface area contributed by atoms with E-state index in [1.165, 1.54) is 34.9 Å². The summed E-state index contributed by atoms with van der Waals surface area (Å²) in [6.45, 7) is 0.868. The van der Waals surface area contributed by atoms with Gasteiger partial charge in [-0.05, 0) is 54.1 Å². The Morgan fingerprint density at radius 1 is 1.09 bits per heavy atom. The fraction of sp³-hybridized carbons (Fsp3) is 0.115. The van der Waals surface area contributed by atoms with Crippen LogP contribution < -0.4 is 15.6 Å². The van der Waals surface area contributed by atoms with Gasteiger partial charge in [0.2, 0.25) is 0 Å². The normalized spacial score (nSPS) is 12.5. The summed E-state index contributed by atoms with van der Waals surface area (Å²) in [6.07, 6.45) is 3.34. The standard InChI is InChI=1S/C26H20FN3O3S/c27-18-5-7-19(8-6-18)30-14-1-2-21(26(30)32)22(31)16-17-3-9-20(10-4-17)33-23-11-12-28-25-24(23)34-15-13-29-25/h1-12,14H,13,15-16H2,(H,28,29). The van der Waals surface area contributed by atoms with Crippen LogP contribution in [0.2, 0.25) is 0 Å². The van der Waals surface area contributed by atoms with E-state index in [4.69, 9.17) is 4.74 Å². The van der Waals surface area contributed by atoms with E-state index >= 15 is 0 Å². The number of ether oxygens (including phenoxy) is 1. The molecule has 0 saturated carbocycles. The molecule has 0 radical (unpaired) electrons. The maximum absolute atomic E-state index is 13.2. The van der Waals surface area contributed by atoms with Gasteiger partial charge in [0.05, 0.1) is 10.5 Å². The second-order valence-corrected chi connectivity index (χ2v) is 8.79. The second kappa shape index (κ2) is 9.52. The zero-order valence-electron chi connectivity index (χ0n) is 18.0.